The first-order valence-electron chi connectivity index (χ1n) is 8.34. The van der Waals surface area contributed by atoms with Gasteiger partial charge >= 0.3 is 0 Å². The van der Waals surface area contributed by atoms with E-state index >= 15 is 0 Å². The van der Waals surface area contributed by atoms with E-state index in [4.69, 9.17) is 4.74 Å². The number of amides is 1. The molecular weight excluding hydrogens is 276 g/mol. The van der Waals surface area contributed by atoms with Crippen molar-refractivity contribution in [3.63, 3.8) is 0 Å². The molecule has 2 aliphatic rings. The zero-order valence-corrected chi connectivity index (χ0v) is 13.5. The summed E-state index contributed by atoms with van der Waals surface area (Å²) in [4.78, 5) is 14.7. The molecule has 0 bridgehead atoms. The molecule has 2 heterocycles. The highest BCUT2D eigenvalue weighted by Crippen LogP contribution is 2.37. The van der Waals surface area contributed by atoms with Crippen molar-refractivity contribution in [1.29, 1.82) is 0 Å². The Bertz CT molecular complexity index is 509. The molecule has 0 aromatic heterocycles. The molecule has 22 heavy (non-hydrogen) atoms. The number of para-hydroxylation sites is 1. The Morgan fingerprint density at radius 1 is 1.27 bits per heavy atom. The number of piperidine rings is 1. The monoisotopic (exact) mass is 302 g/mol. The van der Waals surface area contributed by atoms with Crippen LogP contribution in [0.5, 0.6) is 0 Å². The van der Waals surface area contributed by atoms with Crippen LogP contribution in [0.3, 0.4) is 0 Å². The lowest BCUT2D eigenvalue weighted by Crippen LogP contribution is -2.45. The van der Waals surface area contributed by atoms with Crippen molar-refractivity contribution in [3.05, 3.63) is 30.3 Å². The highest BCUT2D eigenvalue weighted by atomic mass is 16.5. The first kappa shape index (κ1) is 15.5. The minimum Gasteiger partial charge on any atom is -0.373 e. The third kappa shape index (κ3) is 3.03. The molecule has 4 heteroatoms. The number of rotatable bonds is 3. The summed E-state index contributed by atoms with van der Waals surface area (Å²) in [7, 11) is 0. The van der Waals surface area contributed by atoms with E-state index in [1.54, 1.807) is 0 Å². The van der Waals surface area contributed by atoms with Crippen molar-refractivity contribution in [1.82, 2.24) is 5.32 Å². The number of ether oxygens (including phenoxy) is 1. The van der Waals surface area contributed by atoms with Crippen molar-refractivity contribution >= 4 is 11.6 Å². The summed E-state index contributed by atoms with van der Waals surface area (Å²) in [5.74, 6) is 0.176. The number of carbonyl (C=O) groups excluding carboxylic acids is 1. The molecule has 0 unspecified atom stereocenters. The Balaban J connectivity index is 1.83. The van der Waals surface area contributed by atoms with Crippen LogP contribution in [0.1, 0.15) is 33.1 Å². The first-order chi connectivity index (χ1) is 10.6. The molecule has 0 radical (unpaired) electrons. The van der Waals surface area contributed by atoms with Gasteiger partial charge in [-0.25, -0.2) is 0 Å². The van der Waals surface area contributed by atoms with Crippen LogP contribution in [-0.2, 0) is 9.53 Å². The van der Waals surface area contributed by atoms with Gasteiger partial charge in [-0.3, -0.25) is 4.79 Å². The topological polar surface area (TPSA) is 41.6 Å². The van der Waals surface area contributed by atoms with Crippen molar-refractivity contribution in [2.75, 3.05) is 24.6 Å². The van der Waals surface area contributed by atoms with Crippen LogP contribution >= 0.6 is 0 Å². The minimum absolute atomic E-state index is 0.00946. The lowest BCUT2D eigenvalue weighted by atomic mass is 9.87. The quantitative estimate of drug-likeness (QED) is 0.933. The van der Waals surface area contributed by atoms with E-state index in [2.05, 4.69) is 5.32 Å². The molecule has 2 saturated heterocycles. The van der Waals surface area contributed by atoms with Gasteiger partial charge in [0.25, 0.3) is 0 Å². The summed E-state index contributed by atoms with van der Waals surface area (Å²) in [6, 6.07) is 10.2. The molecule has 2 fully saturated rings. The highest BCUT2D eigenvalue weighted by molar-refractivity contribution is 5.95. The molecule has 1 N–H and O–H groups in total. The van der Waals surface area contributed by atoms with Gasteiger partial charge in [0, 0.05) is 11.6 Å². The second-order valence-electron chi connectivity index (χ2n) is 6.80. The molecule has 1 spiro atoms. The van der Waals surface area contributed by atoms with Gasteiger partial charge in [-0.05, 0) is 44.5 Å². The van der Waals surface area contributed by atoms with E-state index in [0.29, 0.717) is 6.61 Å². The second-order valence-corrected chi connectivity index (χ2v) is 6.80. The Morgan fingerprint density at radius 3 is 2.59 bits per heavy atom. The fourth-order valence-electron chi connectivity index (χ4n) is 3.60. The van der Waals surface area contributed by atoms with Gasteiger partial charge in [0.1, 0.15) is 0 Å². The summed E-state index contributed by atoms with van der Waals surface area (Å²) in [6.07, 6.45) is 3.03. The standard InChI is InChI=1S/C18H26N2O2/c1-14(2)17(21)20(15-6-4-3-5-7-15)16-12-18(22-13-16)8-10-19-11-9-18/h3-7,14,16,19H,8-13H2,1-2H3/t16-/m1/s1. The second kappa shape index (κ2) is 6.39. The van der Waals surface area contributed by atoms with Crippen LogP contribution in [0.15, 0.2) is 30.3 Å². The average molecular weight is 302 g/mol. The molecule has 0 aliphatic carbocycles. The number of benzene rings is 1. The van der Waals surface area contributed by atoms with E-state index in [1.807, 2.05) is 49.1 Å². The van der Waals surface area contributed by atoms with Gasteiger partial charge in [0.15, 0.2) is 0 Å². The van der Waals surface area contributed by atoms with Crippen molar-refractivity contribution < 1.29 is 9.53 Å². The zero-order valence-electron chi connectivity index (χ0n) is 13.5. The Morgan fingerprint density at radius 2 is 1.95 bits per heavy atom. The highest BCUT2D eigenvalue weighted by Gasteiger charge is 2.44. The Hall–Kier alpha value is -1.39. The van der Waals surface area contributed by atoms with Gasteiger partial charge in [0.05, 0.1) is 18.2 Å². The van der Waals surface area contributed by atoms with Gasteiger partial charge in [-0.1, -0.05) is 32.0 Å². The average Bonchev–Trinajstić information content (AvgIpc) is 2.92. The van der Waals surface area contributed by atoms with Crippen LogP contribution in [0.2, 0.25) is 0 Å². The van der Waals surface area contributed by atoms with Gasteiger partial charge in [-0.2, -0.15) is 0 Å². The number of hydrogen-bond donors (Lipinski definition) is 1. The molecule has 1 aromatic carbocycles. The third-order valence-corrected chi connectivity index (χ3v) is 4.84. The molecule has 0 saturated carbocycles. The van der Waals surface area contributed by atoms with E-state index in [1.165, 1.54) is 0 Å². The molecule has 120 valence electrons. The lowest BCUT2D eigenvalue weighted by Gasteiger charge is -2.34. The third-order valence-electron chi connectivity index (χ3n) is 4.84. The number of hydrogen-bond acceptors (Lipinski definition) is 3. The van der Waals surface area contributed by atoms with Crippen molar-refractivity contribution in [2.45, 2.75) is 44.8 Å². The van der Waals surface area contributed by atoms with Crippen LogP contribution in [0.25, 0.3) is 0 Å². The summed E-state index contributed by atoms with van der Waals surface area (Å²) in [6.45, 7) is 6.60. The van der Waals surface area contributed by atoms with E-state index in [0.717, 1.165) is 38.0 Å². The fourth-order valence-corrected chi connectivity index (χ4v) is 3.60. The number of carbonyl (C=O) groups is 1. The van der Waals surface area contributed by atoms with Crippen LogP contribution in [-0.4, -0.2) is 37.2 Å². The summed E-state index contributed by atoms with van der Waals surface area (Å²) >= 11 is 0. The minimum atomic E-state index is -0.0276. The maximum Gasteiger partial charge on any atom is 0.229 e. The Labute approximate surface area is 132 Å². The van der Waals surface area contributed by atoms with Gasteiger partial charge in [0.2, 0.25) is 5.91 Å². The van der Waals surface area contributed by atoms with Gasteiger partial charge < -0.3 is 15.0 Å². The van der Waals surface area contributed by atoms with Crippen LogP contribution < -0.4 is 10.2 Å². The van der Waals surface area contributed by atoms with Crippen LogP contribution in [0, 0.1) is 5.92 Å². The maximum absolute atomic E-state index is 12.8. The smallest absolute Gasteiger partial charge is 0.229 e. The predicted molar refractivity (Wildman–Crippen MR) is 88.0 cm³/mol. The summed E-state index contributed by atoms with van der Waals surface area (Å²) in [5, 5.41) is 3.39. The van der Waals surface area contributed by atoms with E-state index in [-0.39, 0.29) is 23.5 Å². The molecule has 1 atom stereocenters. The normalized spacial score (nSPS) is 23.9. The lowest BCUT2D eigenvalue weighted by molar-refractivity contribution is -0.121. The van der Waals surface area contributed by atoms with Crippen LogP contribution in [0.4, 0.5) is 5.69 Å². The van der Waals surface area contributed by atoms with E-state index < -0.39 is 0 Å². The fraction of sp³-hybridized carbons (Fsp3) is 0.611. The van der Waals surface area contributed by atoms with Crippen molar-refractivity contribution in [2.24, 2.45) is 5.92 Å². The van der Waals surface area contributed by atoms with Gasteiger partial charge in [-0.15, -0.1) is 0 Å². The number of nitrogens with zero attached hydrogens (tertiary/aromatic N) is 1. The SMILES string of the molecule is CC(C)C(=O)N(c1ccccc1)[C@H]1COC2(CCNCC2)C1. The number of nitrogens with one attached hydrogen (secondary N) is 1. The molecule has 2 aliphatic heterocycles. The van der Waals surface area contributed by atoms with Crippen molar-refractivity contribution in [3.8, 4) is 0 Å². The predicted octanol–water partition coefficient (Wildman–Crippen LogP) is 2.59. The number of anilines is 1. The maximum atomic E-state index is 12.8. The first-order valence-corrected chi connectivity index (χ1v) is 8.34. The summed E-state index contributed by atoms with van der Waals surface area (Å²) < 4.78 is 6.19. The molecule has 1 amide bonds. The van der Waals surface area contributed by atoms with E-state index in [9.17, 15) is 4.79 Å². The largest absolute Gasteiger partial charge is 0.373 e. The summed E-state index contributed by atoms with van der Waals surface area (Å²) in [5.41, 5.74) is 0.959. The Kier molecular flexibility index (Phi) is 4.50. The molecule has 3 rings (SSSR count). The molecular formula is C18H26N2O2. The molecule has 4 nitrogen and oxygen atoms in total. The molecule has 1 aromatic rings. The zero-order chi connectivity index (χ0) is 15.6.